The number of aromatic amines is 1. The van der Waals surface area contributed by atoms with Crippen LogP contribution in [0.2, 0.25) is 0 Å². The number of hydrogen-bond donors (Lipinski definition) is 3. The molecule has 0 radical (unpaired) electrons. The molecule has 5 rings (SSSR count). The van der Waals surface area contributed by atoms with Gasteiger partial charge in [0.2, 0.25) is 0 Å². The average molecular weight is 344 g/mol. The molecular formula is C21H32N2O2. The highest BCUT2D eigenvalue weighted by Crippen LogP contribution is 2.67. The van der Waals surface area contributed by atoms with Crippen LogP contribution >= 0.6 is 0 Å². The number of aliphatic hydroxyl groups is 2. The zero-order valence-corrected chi connectivity index (χ0v) is 15.8. The lowest BCUT2D eigenvalue weighted by atomic mass is 9.44. The number of fused-ring (bicyclic) bond motifs is 6. The van der Waals surface area contributed by atoms with E-state index >= 15 is 0 Å². The molecule has 0 unspecified atom stereocenters. The SMILES string of the molecule is C[C@]12Cc3cn[nH]c3C[C@@H]1[C@H](O)C[C@@H]1[C@@H]2CC[C@@]2(C)[C@H]1CC[C@]2(C)O. The summed E-state index contributed by atoms with van der Waals surface area (Å²) < 4.78 is 0. The van der Waals surface area contributed by atoms with Crippen LogP contribution in [0.25, 0.3) is 0 Å². The van der Waals surface area contributed by atoms with E-state index in [1.807, 2.05) is 6.20 Å². The topological polar surface area (TPSA) is 69.1 Å². The fourth-order valence-electron chi connectivity index (χ4n) is 7.76. The molecular weight excluding hydrogens is 312 g/mol. The lowest BCUT2D eigenvalue weighted by Gasteiger charge is -2.61. The Morgan fingerprint density at radius 3 is 2.68 bits per heavy atom. The summed E-state index contributed by atoms with van der Waals surface area (Å²) >= 11 is 0. The third-order valence-corrected chi connectivity index (χ3v) is 9.47. The molecule has 0 bridgehead atoms. The molecule has 4 heteroatoms. The summed E-state index contributed by atoms with van der Waals surface area (Å²) in [6.45, 7) is 6.80. The van der Waals surface area contributed by atoms with Crippen molar-refractivity contribution < 1.29 is 10.2 Å². The predicted octanol–water partition coefficient (Wildman–Crippen LogP) is 3.09. The molecule has 0 aliphatic heterocycles. The summed E-state index contributed by atoms with van der Waals surface area (Å²) in [7, 11) is 0. The van der Waals surface area contributed by atoms with E-state index in [-0.39, 0.29) is 16.9 Å². The summed E-state index contributed by atoms with van der Waals surface area (Å²) in [6, 6.07) is 0. The highest BCUT2D eigenvalue weighted by molar-refractivity contribution is 5.27. The van der Waals surface area contributed by atoms with E-state index in [4.69, 9.17) is 0 Å². The number of nitrogens with zero attached hydrogens (tertiary/aromatic N) is 1. The Kier molecular flexibility index (Phi) is 3.19. The minimum Gasteiger partial charge on any atom is -0.393 e. The summed E-state index contributed by atoms with van der Waals surface area (Å²) in [5.74, 6) is 2.11. The second-order valence-electron chi connectivity index (χ2n) is 10.3. The van der Waals surface area contributed by atoms with E-state index in [2.05, 4.69) is 31.0 Å². The molecule has 0 spiro atoms. The number of H-pyrrole nitrogens is 1. The molecule has 1 aromatic rings. The zero-order valence-electron chi connectivity index (χ0n) is 15.8. The second-order valence-corrected chi connectivity index (χ2v) is 10.3. The first-order chi connectivity index (χ1) is 11.8. The van der Waals surface area contributed by atoms with E-state index < -0.39 is 5.60 Å². The van der Waals surface area contributed by atoms with Crippen molar-refractivity contribution in [3.8, 4) is 0 Å². The van der Waals surface area contributed by atoms with Crippen LogP contribution in [0.15, 0.2) is 6.20 Å². The van der Waals surface area contributed by atoms with Gasteiger partial charge in [0.15, 0.2) is 0 Å². The van der Waals surface area contributed by atoms with Crippen molar-refractivity contribution in [2.75, 3.05) is 0 Å². The van der Waals surface area contributed by atoms with Crippen molar-refractivity contribution in [2.45, 2.75) is 77.4 Å². The molecule has 8 atom stereocenters. The molecule has 1 aromatic heterocycles. The van der Waals surface area contributed by atoms with Crippen LogP contribution in [0, 0.1) is 34.5 Å². The number of aliphatic hydroxyl groups excluding tert-OH is 1. The molecule has 0 saturated heterocycles. The van der Waals surface area contributed by atoms with E-state index in [9.17, 15) is 10.2 Å². The van der Waals surface area contributed by atoms with E-state index in [0.29, 0.717) is 23.7 Å². The molecule has 1 heterocycles. The second kappa shape index (κ2) is 4.89. The lowest BCUT2D eigenvalue weighted by molar-refractivity contribution is -0.167. The van der Waals surface area contributed by atoms with Crippen LogP contribution in [0.4, 0.5) is 0 Å². The Morgan fingerprint density at radius 1 is 1.12 bits per heavy atom. The van der Waals surface area contributed by atoms with Crippen molar-refractivity contribution in [3.63, 3.8) is 0 Å². The van der Waals surface area contributed by atoms with Gasteiger partial charge in [0.05, 0.1) is 17.9 Å². The van der Waals surface area contributed by atoms with Gasteiger partial charge in [0.1, 0.15) is 0 Å². The summed E-state index contributed by atoms with van der Waals surface area (Å²) in [5.41, 5.74) is 2.24. The summed E-state index contributed by atoms with van der Waals surface area (Å²) in [6.07, 6.45) is 9.04. The Labute approximate surface area is 150 Å². The van der Waals surface area contributed by atoms with Crippen LogP contribution in [-0.4, -0.2) is 32.1 Å². The molecule has 25 heavy (non-hydrogen) atoms. The maximum absolute atomic E-state index is 11.1. The number of hydrogen-bond acceptors (Lipinski definition) is 3. The largest absolute Gasteiger partial charge is 0.393 e. The quantitative estimate of drug-likeness (QED) is 0.677. The van der Waals surface area contributed by atoms with Gasteiger partial charge < -0.3 is 10.2 Å². The van der Waals surface area contributed by atoms with Gasteiger partial charge in [-0.25, -0.2) is 0 Å². The predicted molar refractivity (Wildman–Crippen MR) is 95.9 cm³/mol. The molecule has 4 aliphatic carbocycles. The first-order valence-electron chi connectivity index (χ1n) is 10.2. The van der Waals surface area contributed by atoms with Crippen molar-refractivity contribution in [1.29, 1.82) is 0 Å². The van der Waals surface area contributed by atoms with Gasteiger partial charge in [-0.15, -0.1) is 0 Å². The smallest absolute Gasteiger partial charge is 0.0675 e. The standard InChI is InChI=1S/C21H32N2O2/c1-19-10-12-11-22-23-17(12)9-16(19)18(24)8-13-14(19)4-6-20(2)15(13)5-7-21(20,3)25/h11,13-16,18,24-25H,4-10H2,1-3H3,(H,22,23)/t13-,14+,15+,16-,18-,19-,20+,21+/m1/s1. The highest BCUT2D eigenvalue weighted by atomic mass is 16.3. The minimum atomic E-state index is -0.546. The molecule has 3 saturated carbocycles. The van der Waals surface area contributed by atoms with Gasteiger partial charge in [-0.2, -0.15) is 5.10 Å². The van der Waals surface area contributed by atoms with E-state index in [1.54, 1.807) is 0 Å². The van der Waals surface area contributed by atoms with Crippen LogP contribution in [0.5, 0.6) is 0 Å². The van der Waals surface area contributed by atoms with Gasteiger partial charge in [-0.1, -0.05) is 13.8 Å². The van der Waals surface area contributed by atoms with Crippen LogP contribution in [0.1, 0.15) is 64.1 Å². The van der Waals surface area contributed by atoms with Gasteiger partial charge in [-0.05, 0) is 91.9 Å². The van der Waals surface area contributed by atoms with Crippen molar-refractivity contribution in [1.82, 2.24) is 10.2 Å². The van der Waals surface area contributed by atoms with Gasteiger partial charge >= 0.3 is 0 Å². The molecule has 0 aromatic carbocycles. The van der Waals surface area contributed by atoms with Gasteiger partial charge in [-0.3, -0.25) is 5.10 Å². The first kappa shape index (κ1) is 16.3. The Morgan fingerprint density at radius 2 is 1.88 bits per heavy atom. The Bertz CT molecular complexity index is 698. The minimum absolute atomic E-state index is 0.0204. The first-order valence-corrected chi connectivity index (χ1v) is 10.2. The number of nitrogens with one attached hydrogen (secondary N) is 1. The van der Waals surface area contributed by atoms with Crippen LogP contribution in [0.3, 0.4) is 0 Å². The molecule has 0 amide bonds. The molecule has 4 aliphatic rings. The maximum Gasteiger partial charge on any atom is 0.0675 e. The monoisotopic (exact) mass is 344 g/mol. The van der Waals surface area contributed by atoms with Crippen LogP contribution < -0.4 is 0 Å². The normalized spacial score (nSPS) is 54.4. The Balaban J connectivity index is 1.54. The van der Waals surface area contributed by atoms with Crippen molar-refractivity contribution in [2.24, 2.45) is 34.5 Å². The maximum atomic E-state index is 11.1. The highest BCUT2D eigenvalue weighted by Gasteiger charge is 2.64. The van der Waals surface area contributed by atoms with Gasteiger partial charge in [0, 0.05) is 5.69 Å². The third kappa shape index (κ3) is 1.93. The van der Waals surface area contributed by atoms with Crippen molar-refractivity contribution >= 4 is 0 Å². The fraction of sp³-hybridized carbons (Fsp3) is 0.857. The molecule has 3 fully saturated rings. The third-order valence-electron chi connectivity index (χ3n) is 9.47. The number of aromatic nitrogens is 2. The fourth-order valence-corrected chi connectivity index (χ4v) is 7.76. The zero-order chi connectivity index (χ0) is 17.6. The Hall–Kier alpha value is -0.870. The lowest BCUT2D eigenvalue weighted by Crippen LogP contribution is -2.59. The van der Waals surface area contributed by atoms with Crippen molar-refractivity contribution in [3.05, 3.63) is 17.5 Å². The van der Waals surface area contributed by atoms with E-state index in [0.717, 1.165) is 38.5 Å². The summed E-state index contributed by atoms with van der Waals surface area (Å²) in [4.78, 5) is 0. The summed E-state index contributed by atoms with van der Waals surface area (Å²) in [5, 5.41) is 29.6. The average Bonchev–Trinajstić information content (AvgIpc) is 3.08. The molecule has 138 valence electrons. The van der Waals surface area contributed by atoms with E-state index in [1.165, 1.54) is 17.7 Å². The molecule has 4 nitrogen and oxygen atoms in total. The molecule has 3 N–H and O–H groups in total. The number of rotatable bonds is 0. The van der Waals surface area contributed by atoms with Crippen LogP contribution in [-0.2, 0) is 12.8 Å². The van der Waals surface area contributed by atoms with Gasteiger partial charge in [0.25, 0.3) is 0 Å².